The summed E-state index contributed by atoms with van der Waals surface area (Å²) < 4.78 is 13.3. The van der Waals surface area contributed by atoms with Gasteiger partial charge in [0.05, 0.1) is 24.7 Å². The molecule has 3 aliphatic rings. The number of amides is 2. The van der Waals surface area contributed by atoms with E-state index in [9.17, 15) is 9.59 Å². The molecule has 11 heteroatoms. The Morgan fingerprint density at radius 3 is 2.66 bits per heavy atom. The normalized spacial score (nSPS) is 20.5. The highest BCUT2D eigenvalue weighted by Crippen LogP contribution is 2.35. The number of ether oxygens (including phenoxy) is 2. The van der Waals surface area contributed by atoms with E-state index in [2.05, 4.69) is 15.0 Å². The molecule has 0 unspecified atom stereocenters. The lowest BCUT2D eigenvalue weighted by Crippen LogP contribution is -2.49. The van der Waals surface area contributed by atoms with Crippen molar-refractivity contribution < 1.29 is 19.1 Å². The maximum atomic E-state index is 12.6. The quantitative estimate of drug-likeness (QED) is 0.548. The maximum absolute atomic E-state index is 12.6. The van der Waals surface area contributed by atoms with Gasteiger partial charge in [0.15, 0.2) is 5.65 Å². The van der Waals surface area contributed by atoms with Crippen molar-refractivity contribution in [2.45, 2.75) is 31.5 Å². The minimum Gasteiger partial charge on any atom is -0.474 e. The second kappa shape index (κ2) is 8.71. The Bertz CT molecular complexity index is 1270. The lowest BCUT2D eigenvalue weighted by atomic mass is 10.1. The number of carbonyl (C=O) groups is 2. The van der Waals surface area contributed by atoms with Crippen LogP contribution in [-0.2, 0) is 9.53 Å². The second-order valence-electron chi connectivity index (χ2n) is 9.24. The molecule has 35 heavy (non-hydrogen) atoms. The Hall–Kier alpha value is -3.89. The third-order valence-electron chi connectivity index (χ3n) is 6.65. The van der Waals surface area contributed by atoms with Gasteiger partial charge in [-0.15, -0.1) is 0 Å². The summed E-state index contributed by atoms with van der Waals surface area (Å²) in [6.07, 6.45) is 7.30. The van der Waals surface area contributed by atoms with Crippen LogP contribution in [0.25, 0.3) is 16.8 Å². The summed E-state index contributed by atoms with van der Waals surface area (Å²) in [4.78, 5) is 39.0. The molecule has 0 N–H and O–H groups in total. The van der Waals surface area contributed by atoms with Crippen LogP contribution in [0.2, 0.25) is 0 Å². The van der Waals surface area contributed by atoms with Crippen molar-refractivity contribution in [3.8, 4) is 17.0 Å². The van der Waals surface area contributed by atoms with Gasteiger partial charge in [0, 0.05) is 51.2 Å². The summed E-state index contributed by atoms with van der Waals surface area (Å²) >= 11 is 0. The van der Waals surface area contributed by atoms with E-state index in [1.807, 2.05) is 24.4 Å². The molecule has 0 bridgehead atoms. The predicted octanol–water partition coefficient (Wildman–Crippen LogP) is 1.82. The molecule has 1 saturated carbocycles. The van der Waals surface area contributed by atoms with Crippen molar-refractivity contribution in [1.29, 1.82) is 0 Å². The van der Waals surface area contributed by atoms with E-state index < -0.39 is 0 Å². The lowest BCUT2D eigenvalue weighted by Gasteiger charge is -2.35. The molecule has 2 amide bonds. The zero-order valence-electron chi connectivity index (χ0n) is 19.5. The molecule has 0 spiro atoms. The Labute approximate surface area is 202 Å². The average Bonchev–Trinajstić information content (AvgIpc) is 3.50. The molecule has 11 nitrogen and oxygen atoms in total. The minimum atomic E-state index is -0.372. The SMILES string of the molecule is CN1C[C@@H](OC(=O)N2CCN(c3ccn4ncc(-c5cccnc5OC5CC5)c4n3)CC2)CC1=O. The highest BCUT2D eigenvalue weighted by Gasteiger charge is 2.32. The fourth-order valence-corrected chi connectivity index (χ4v) is 4.50. The maximum Gasteiger partial charge on any atom is 0.410 e. The van der Waals surface area contributed by atoms with Crippen LogP contribution in [0.15, 0.2) is 36.8 Å². The van der Waals surface area contributed by atoms with Crippen LogP contribution < -0.4 is 9.64 Å². The number of hydrogen-bond acceptors (Lipinski definition) is 8. The first-order valence-corrected chi connectivity index (χ1v) is 12.0. The van der Waals surface area contributed by atoms with Gasteiger partial charge in [-0.25, -0.2) is 19.3 Å². The number of fused-ring (bicyclic) bond motifs is 1. The zero-order chi connectivity index (χ0) is 23.9. The number of likely N-dealkylation sites (N-methyl/N-ethyl adjacent to an activating group) is 1. The standard InChI is InChI=1S/C24H27N7O4/c1-28-15-17(13-21(28)32)35-24(33)30-11-9-29(10-12-30)20-6-8-31-22(27-20)19(14-26-31)18-3-2-7-25-23(18)34-16-4-5-16/h2-3,6-8,14,16-17H,4-5,9-13,15H2,1H3/t17-/m0/s1. The predicted molar refractivity (Wildman–Crippen MR) is 126 cm³/mol. The molecular formula is C24H27N7O4. The van der Waals surface area contributed by atoms with Gasteiger partial charge < -0.3 is 24.2 Å². The molecule has 1 aliphatic carbocycles. The molecule has 3 aromatic rings. The van der Waals surface area contributed by atoms with E-state index in [1.165, 1.54) is 0 Å². The second-order valence-corrected chi connectivity index (χ2v) is 9.24. The molecule has 2 saturated heterocycles. The monoisotopic (exact) mass is 477 g/mol. The number of carbonyl (C=O) groups excluding carboxylic acids is 2. The third kappa shape index (κ3) is 4.33. The Kier molecular flexibility index (Phi) is 5.39. The van der Waals surface area contributed by atoms with E-state index in [-0.39, 0.29) is 30.6 Å². The van der Waals surface area contributed by atoms with E-state index in [1.54, 1.807) is 33.8 Å². The van der Waals surface area contributed by atoms with Crippen molar-refractivity contribution in [2.75, 3.05) is 44.7 Å². The molecule has 3 aromatic heterocycles. The van der Waals surface area contributed by atoms with Crippen LogP contribution in [0.4, 0.5) is 10.6 Å². The molecule has 0 aromatic carbocycles. The summed E-state index contributed by atoms with van der Waals surface area (Å²) in [6, 6.07) is 5.80. The summed E-state index contributed by atoms with van der Waals surface area (Å²) in [7, 11) is 1.72. The van der Waals surface area contributed by atoms with E-state index in [0.29, 0.717) is 38.6 Å². The first-order valence-electron chi connectivity index (χ1n) is 12.0. The fraction of sp³-hybridized carbons (Fsp3) is 0.458. The minimum absolute atomic E-state index is 0.00540. The zero-order valence-corrected chi connectivity index (χ0v) is 19.5. The molecule has 1 atom stereocenters. The van der Waals surface area contributed by atoms with Crippen LogP contribution in [0.3, 0.4) is 0 Å². The van der Waals surface area contributed by atoms with Gasteiger partial charge in [-0.2, -0.15) is 5.10 Å². The van der Waals surface area contributed by atoms with Gasteiger partial charge in [0.25, 0.3) is 0 Å². The van der Waals surface area contributed by atoms with Gasteiger partial charge in [0.1, 0.15) is 18.0 Å². The van der Waals surface area contributed by atoms with Crippen LogP contribution in [0.5, 0.6) is 5.88 Å². The van der Waals surface area contributed by atoms with Crippen LogP contribution in [0, 0.1) is 0 Å². The largest absolute Gasteiger partial charge is 0.474 e. The van der Waals surface area contributed by atoms with Crippen molar-refractivity contribution in [3.05, 3.63) is 36.8 Å². The van der Waals surface area contributed by atoms with Crippen LogP contribution >= 0.6 is 0 Å². The molecule has 2 aliphatic heterocycles. The van der Waals surface area contributed by atoms with Gasteiger partial charge in [0.2, 0.25) is 11.8 Å². The molecule has 3 fully saturated rings. The molecule has 5 heterocycles. The highest BCUT2D eigenvalue weighted by molar-refractivity contribution is 5.81. The topological polar surface area (TPSA) is 105 Å². The Morgan fingerprint density at radius 1 is 1.09 bits per heavy atom. The van der Waals surface area contributed by atoms with Crippen molar-refractivity contribution >= 4 is 23.5 Å². The van der Waals surface area contributed by atoms with Gasteiger partial charge in [-0.1, -0.05) is 0 Å². The van der Waals surface area contributed by atoms with Gasteiger partial charge in [-0.05, 0) is 31.0 Å². The number of nitrogens with zero attached hydrogens (tertiary/aromatic N) is 7. The number of anilines is 1. The number of likely N-dealkylation sites (tertiary alicyclic amines) is 1. The Balaban J connectivity index is 1.15. The first kappa shape index (κ1) is 21.6. The van der Waals surface area contributed by atoms with Gasteiger partial charge in [-0.3, -0.25) is 4.79 Å². The van der Waals surface area contributed by atoms with E-state index in [4.69, 9.17) is 14.5 Å². The van der Waals surface area contributed by atoms with E-state index >= 15 is 0 Å². The number of hydrogen-bond donors (Lipinski definition) is 0. The lowest BCUT2D eigenvalue weighted by molar-refractivity contribution is -0.126. The van der Waals surface area contributed by atoms with E-state index in [0.717, 1.165) is 35.4 Å². The van der Waals surface area contributed by atoms with Crippen LogP contribution in [-0.4, -0.2) is 93.4 Å². The smallest absolute Gasteiger partial charge is 0.410 e. The summed E-state index contributed by atoms with van der Waals surface area (Å²) in [5.41, 5.74) is 2.48. The number of pyridine rings is 1. The van der Waals surface area contributed by atoms with Gasteiger partial charge >= 0.3 is 6.09 Å². The third-order valence-corrected chi connectivity index (χ3v) is 6.65. The van der Waals surface area contributed by atoms with Crippen molar-refractivity contribution in [3.63, 3.8) is 0 Å². The fourth-order valence-electron chi connectivity index (χ4n) is 4.50. The molecule has 6 rings (SSSR count). The number of rotatable bonds is 5. The molecular weight excluding hydrogens is 450 g/mol. The van der Waals surface area contributed by atoms with Crippen molar-refractivity contribution in [1.82, 2.24) is 29.4 Å². The van der Waals surface area contributed by atoms with Crippen molar-refractivity contribution in [2.24, 2.45) is 0 Å². The first-order chi connectivity index (χ1) is 17.0. The summed E-state index contributed by atoms with van der Waals surface area (Å²) in [6.45, 7) is 2.77. The summed E-state index contributed by atoms with van der Waals surface area (Å²) in [5.74, 6) is 1.44. The highest BCUT2D eigenvalue weighted by atomic mass is 16.6. The Morgan fingerprint density at radius 2 is 1.91 bits per heavy atom. The van der Waals surface area contributed by atoms with Crippen LogP contribution in [0.1, 0.15) is 19.3 Å². The number of aromatic nitrogens is 4. The number of piperazine rings is 1. The molecule has 0 radical (unpaired) electrons. The summed E-state index contributed by atoms with van der Waals surface area (Å²) in [5, 5.41) is 4.47. The molecule has 182 valence electrons. The average molecular weight is 478 g/mol.